The van der Waals surface area contributed by atoms with Gasteiger partial charge in [0.25, 0.3) is 0 Å². The lowest BCUT2D eigenvalue weighted by molar-refractivity contribution is 0.0754. The largest absolute Gasteiger partial charge is 0.381 e. The van der Waals surface area contributed by atoms with Crippen LogP contribution in [0.15, 0.2) is 24.4 Å². The van der Waals surface area contributed by atoms with Gasteiger partial charge in [0.05, 0.1) is 6.20 Å². The fourth-order valence-corrected chi connectivity index (χ4v) is 3.05. The number of nitrogens with zero attached hydrogens (tertiary/aromatic N) is 2. The van der Waals surface area contributed by atoms with E-state index in [1.165, 1.54) is 16.8 Å². The van der Waals surface area contributed by atoms with E-state index in [1.54, 1.807) is 6.20 Å². The Morgan fingerprint density at radius 3 is 2.74 bits per heavy atom. The predicted molar refractivity (Wildman–Crippen MR) is 83.6 cm³/mol. The maximum Gasteiger partial charge on any atom is 0.151 e. The van der Waals surface area contributed by atoms with Crippen molar-refractivity contribution in [3.63, 3.8) is 0 Å². The number of benzene rings is 1. The van der Waals surface area contributed by atoms with Crippen molar-refractivity contribution in [2.75, 3.05) is 13.2 Å². The van der Waals surface area contributed by atoms with E-state index in [-0.39, 0.29) is 11.7 Å². The summed E-state index contributed by atoms with van der Waals surface area (Å²) in [6.45, 7) is 5.53. The average molecular weight is 321 g/mol. The number of hydrogen-bond acceptors (Lipinski definition) is 3. The summed E-state index contributed by atoms with van der Waals surface area (Å²) in [4.78, 5) is 0. The lowest BCUT2D eigenvalue weighted by atomic mass is 10.0. The van der Waals surface area contributed by atoms with E-state index in [0.717, 1.165) is 43.4 Å². The lowest BCUT2D eigenvalue weighted by Crippen LogP contribution is -2.36. The smallest absolute Gasteiger partial charge is 0.151 e. The quantitative estimate of drug-likeness (QED) is 0.939. The van der Waals surface area contributed by atoms with Crippen molar-refractivity contribution >= 4 is 0 Å². The van der Waals surface area contributed by atoms with Gasteiger partial charge in [0.1, 0.15) is 11.5 Å². The molecule has 2 heterocycles. The summed E-state index contributed by atoms with van der Waals surface area (Å²) in [5.74, 6) is -1.21. The SMILES string of the molecule is Cc1c(C(C)NC2CCOCC2)cnn1-c1ccc(F)cc1F. The van der Waals surface area contributed by atoms with Gasteiger partial charge in [0, 0.05) is 42.6 Å². The van der Waals surface area contributed by atoms with E-state index in [2.05, 4.69) is 17.3 Å². The molecule has 0 aliphatic carbocycles. The molecule has 4 nitrogen and oxygen atoms in total. The van der Waals surface area contributed by atoms with Crippen LogP contribution in [0.1, 0.15) is 37.1 Å². The van der Waals surface area contributed by atoms with Crippen molar-refractivity contribution in [3.8, 4) is 5.69 Å². The first-order valence-corrected chi connectivity index (χ1v) is 7.90. The summed E-state index contributed by atoms with van der Waals surface area (Å²) in [6.07, 6.45) is 3.73. The van der Waals surface area contributed by atoms with Crippen LogP contribution in [0.5, 0.6) is 0 Å². The highest BCUT2D eigenvalue weighted by Gasteiger charge is 2.20. The molecule has 0 amide bonds. The van der Waals surface area contributed by atoms with E-state index >= 15 is 0 Å². The van der Waals surface area contributed by atoms with Gasteiger partial charge in [-0.3, -0.25) is 0 Å². The van der Waals surface area contributed by atoms with Crippen molar-refractivity contribution in [1.29, 1.82) is 0 Å². The fourth-order valence-electron chi connectivity index (χ4n) is 3.05. The number of halogens is 2. The van der Waals surface area contributed by atoms with E-state index in [0.29, 0.717) is 6.04 Å². The molecule has 0 bridgehead atoms. The average Bonchev–Trinajstić information content (AvgIpc) is 2.90. The molecule has 124 valence electrons. The number of hydrogen-bond donors (Lipinski definition) is 1. The molecule has 1 atom stereocenters. The van der Waals surface area contributed by atoms with Gasteiger partial charge in [-0.15, -0.1) is 0 Å². The number of rotatable bonds is 4. The van der Waals surface area contributed by atoms with E-state index in [9.17, 15) is 8.78 Å². The molecule has 3 rings (SSSR count). The summed E-state index contributed by atoms with van der Waals surface area (Å²) in [6, 6.07) is 4.05. The maximum absolute atomic E-state index is 14.0. The molecule has 2 aromatic rings. The zero-order chi connectivity index (χ0) is 16.4. The highest BCUT2D eigenvalue weighted by atomic mass is 19.1. The Kier molecular flexibility index (Phi) is 4.73. The zero-order valence-electron chi connectivity index (χ0n) is 13.4. The van der Waals surface area contributed by atoms with Gasteiger partial charge in [-0.05, 0) is 38.8 Å². The van der Waals surface area contributed by atoms with Crippen LogP contribution in [0.3, 0.4) is 0 Å². The Labute approximate surface area is 134 Å². The molecule has 0 radical (unpaired) electrons. The second-order valence-corrected chi connectivity index (χ2v) is 5.97. The topological polar surface area (TPSA) is 39.1 Å². The molecule has 6 heteroatoms. The summed E-state index contributed by atoms with van der Waals surface area (Å²) < 4.78 is 33.9. The number of ether oxygens (including phenoxy) is 1. The fraction of sp³-hybridized carbons (Fsp3) is 0.471. The number of nitrogens with one attached hydrogen (secondary N) is 1. The molecule has 0 spiro atoms. The molecular formula is C17H21F2N3O. The highest BCUT2D eigenvalue weighted by Crippen LogP contribution is 2.23. The normalized spacial score (nSPS) is 17.4. The molecule has 1 N–H and O–H groups in total. The predicted octanol–water partition coefficient (Wildman–Crippen LogP) is 3.29. The van der Waals surface area contributed by atoms with Crippen molar-refractivity contribution in [2.24, 2.45) is 0 Å². The lowest BCUT2D eigenvalue weighted by Gasteiger charge is -2.26. The van der Waals surface area contributed by atoms with Gasteiger partial charge < -0.3 is 10.1 Å². The van der Waals surface area contributed by atoms with Crippen LogP contribution in [-0.2, 0) is 4.74 Å². The summed E-state index contributed by atoms with van der Waals surface area (Å²) in [7, 11) is 0. The molecular weight excluding hydrogens is 300 g/mol. The van der Waals surface area contributed by atoms with Gasteiger partial charge in [-0.25, -0.2) is 13.5 Å². The second-order valence-electron chi connectivity index (χ2n) is 5.97. The van der Waals surface area contributed by atoms with Gasteiger partial charge >= 0.3 is 0 Å². The Balaban J connectivity index is 1.80. The number of aromatic nitrogens is 2. The highest BCUT2D eigenvalue weighted by molar-refractivity contribution is 5.37. The summed E-state index contributed by atoms with van der Waals surface area (Å²) in [5.41, 5.74) is 2.12. The first-order chi connectivity index (χ1) is 11.1. The van der Waals surface area contributed by atoms with Gasteiger partial charge in [-0.2, -0.15) is 5.10 Å². The Morgan fingerprint density at radius 2 is 2.04 bits per heavy atom. The zero-order valence-corrected chi connectivity index (χ0v) is 13.4. The van der Waals surface area contributed by atoms with Gasteiger partial charge in [0.15, 0.2) is 5.82 Å². The third-order valence-electron chi connectivity index (χ3n) is 4.36. The van der Waals surface area contributed by atoms with Crippen molar-refractivity contribution in [2.45, 2.75) is 38.8 Å². The maximum atomic E-state index is 14.0. The van der Waals surface area contributed by atoms with E-state index in [4.69, 9.17) is 4.74 Å². The minimum atomic E-state index is -0.618. The standard InChI is InChI=1S/C17H21F2N3O/c1-11(21-14-5-7-23-8-6-14)15-10-20-22(12(15)2)17-4-3-13(18)9-16(17)19/h3-4,9-11,14,21H,5-8H2,1-2H3. The van der Waals surface area contributed by atoms with Crippen molar-refractivity contribution < 1.29 is 13.5 Å². The van der Waals surface area contributed by atoms with Crippen LogP contribution in [-0.4, -0.2) is 29.0 Å². The Bertz CT molecular complexity index is 680. The molecule has 1 saturated heterocycles. The molecule has 1 aliphatic heterocycles. The Hall–Kier alpha value is -1.79. The van der Waals surface area contributed by atoms with Gasteiger partial charge in [-0.1, -0.05) is 0 Å². The summed E-state index contributed by atoms with van der Waals surface area (Å²) in [5, 5.41) is 7.86. The molecule has 1 aromatic carbocycles. The molecule has 23 heavy (non-hydrogen) atoms. The molecule has 0 saturated carbocycles. The minimum absolute atomic E-state index is 0.107. The van der Waals surface area contributed by atoms with Crippen LogP contribution in [0, 0.1) is 18.6 Å². The molecule has 1 unspecified atom stereocenters. The van der Waals surface area contributed by atoms with E-state index < -0.39 is 11.6 Å². The third-order valence-corrected chi connectivity index (χ3v) is 4.36. The monoisotopic (exact) mass is 321 g/mol. The van der Waals surface area contributed by atoms with Crippen LogP contribution < -0.4 is 5.32 Å². The molecule has 1 aromatic heterocycles. The van der Waals surface area contributed by atoms with Crippen LogP contribution >= 0.6 is 0 Å². The van der Waals surface area contributed by atoms with Crippen molar-refractivity contribution in [3.05, 3.63) is 47.3 Å². The van der Waals surface area contributed by atoms with E-state index in [1.807, 2.05) is 6.92 Å². The van der Waals surface area contributed by atoms with Crippen LogP contribution in [0.25, 0.3) is 5.69 Å². The van der Waals surface area contributed by atoms with Crippen LogP contribution in [0.4, 0.5) is 8.78 Å². The third kappa shape index (κ3) is 3.43. The second kappa shape index (κ2) is 6.76. The first-order valence-electron chi connectivity index (χ1n) is 7.90. The molecule has 1 aliphatic rings. The first kappa shape index (κ1) is 16.1. The molecule has 1 fully saturated rings. The van der Waals surface area contributed by atoms with Crippen molar-refractivity contribution in [1.82, 2.24) is 15.1 Å². The van der Waals surface area contributed by atoms with Gasteiger partial charge in [0.2, 0.25) is 0 Å². The summed E-state index contributed by atoms with van der Waals surface area (Å²) >= 11 is 0. The van der Waals surface area contributed by atoms with Crippen LogP contribution in [0.2, 0.25) is 0 Å². The minimum Gasteiger partial charge on any atom is -0.381 e. The Morgan fingerprint density at radius 1 is 1.30 bits per heavy atom.